The number of aryl methyl sites for hydroxylation is 1. The van der Waals surface area contributed by atoms with Gasteiger partial charge < -0.3 is 15.0 Å². The maximum Gasteiger partial charge on any atom is 0.226 e. The standard InChI is InChI=1S/C16H30N4O/c1-11(2)8-14(10-20(6)7)18-16-17-13(5)9-15(19-16)21-12(3)4/h9,11-12,14H,8,10H2,1-7H3,(H,17,18,19). The van der Waals surface area contributed by atoms with Crippen LogP contribution < -0.4 is 10.1 Å². The van der Waals surface area contributed by atoms with Crippen molar-refractivity contribution in [1.82, 2.24) is 14.9 Å². The molecule has 0 aliphatic carbocycles. The van der Waals surface area contributed by atoms with E-state index in [0.29, 0.717) is 23.8 Å². The number of nitrogens with one attached hydrogen (secondary N) is 1. The molecule has 1 rings (SSSR count). The van der Waals surface area contributed by atoms with Gasteiger partial charge in [-0.2, -0.15) is 4.98 Å². The van der Waals surface area contributed by atoms with Gasteiger partial charge in [0.1, 0.15) is 0 Å². The van der Waals surface area contributed by atoms with Crippen LogP contribution in [0, 0.1) is 12.8 Å². The van der Waals surface area contributed by atoms with E-state index < -0.39 is 0 Å². The number of nitrogens with zero attached hydrogens (tertiary/aromatic N) is 3. The Morgan fingerprint density at radius 1 is 1.19 bits per heavy atom. The molecular weight excluding hydrogens is 264 g/mol. The normalized spacial score (nSPS) is 13.0. The summed E-state index contributed by atoms with van der Waals surface area (Å²) in [5, 5.41) is 3.45. The van der Waals surface area contributed by atoms with Crippen LogP contribution >= 0.6 is 0 Å². The van der Waals surface area contributed by atoms with Crippen LogP contribution in [0.4, 0.5) is 5.95 Å². The van der Waals surface area contributed by atoms with Crippen molar-refractivity contribution in [3.05, 3.63) is 11.8 Å². The first kappa shape index (κ1) is 17.7. The minimum Gasteiger partial charge on any atom is -0.475 e. The van der Waals surface area contributed by atoms with Crippen LogP contribution in [0.2, 0.25) is 0 Å². The van der Waals surface area contributed by atoms with E-state index in [-0.39, 0.29) is 6.10 Å². The van der Waals surface area contributed by atoms with Crippen LogP contribution in [0.3, 0.4) is 0 Å². The predicted molar refractivity (Wildman–Crippen MR) is 88.0 cm³/mol. The molecule has 1 atom stereocenters. The van der Waals surface area contributed by atoms with E-state index in [4.69, 9.17) is 4.74 Å². The Bertz CT molecular complexity index is 422. The smallest absolute Gasteiger partial charge is 0.226 e. The Kier molecular flexibility index (Phi) is 6.89. The molecule has 0 radical (unpaired) electrons. The lowest BCUT2D eigenvalue weighted by molar-refractivity contribution is 0.232. The first-order valence-corrected chi connectivity index (χ1v) is 7.70. The third kappa shape index (κ3) is 7.27. The topological polar surface area (TPSA) is 50.3 Å². The lowest BCUT2D eigenvalue weighted by atomic mass is 10.0. The summed E-state index contributed by atoms with van der Waals surface area (Å²) in [5.41, 5.74) is 0.913. The monoisotopic (exact) mass is 294 g/mol. The second kappa shape index (κ2) is 8.17. The van der Waals surface area contributed by atoms with E-state index in [0.717, 1.165) is 18.7 Å². The highest BCUT2D eigenvalue weighted by atomic mass is 16.5. The Hall–Kier alpha value is -1.36. The van der Waals surface area contributed by atoms with Crippen LogP contribution in [0.15, 0.2) is 6.07 Å². The molecule has 0 saturated carbocycles. The second-order valence-corrected chi connectivity index (χ2v) is 6.57. The van der Waals surface area contributed by atoms with Crippen LogP contribution in [0.25, 0.3) is 0 Å². The largest absolute Gasteiger partial charge is 0.475 e. The molecule has 1 N–H and O–H groups in total. The fraction of sp³-hybridized carbons (Fsp3) is 0.750. The van der Waals surface area contributed by atoms with E-state index in [1.807, 2.05) is 26.8 Å². The molecule has 5 nitrogen and oxygen atoms in total. The highest BCUT2D eigenvalue weighted by molar-refractivity contribution is 5.32. The lowest BCUT2D eigenvalue weighted by Crippen LogP contribution is -2.34. The summed E-state index contributed by atoms with van der Waals surface area (Å²) >= 11 is 0. The molecule has 21 heavy (non-hydrogen) atoms. The molecule has 0 bridgehead atoms. The number of hydrogen-bond acceptors (Lipinski definition) is 5. The van der Waals surface area contributed by atoms with Gasteiger partial charge in [0.25, 0.3) is 0 Å². The molecule has 0 saturated heterocycles. The summed E-state index contributed by atoms with van der Waals surface area (Å²) < 4.78 is 5.68. The summed E-state index contributed by atoms with van der Waals surface area (Å²) in [4.78, 5) is 11.1. The molecule has 0 aromatic carbocycles. The molecule has 0 amide bonds. The first-order valence-electron chi connectivity index (χ1n) is 7.70. The highest BCUT2D eigenvalue weighted by Crippen LogP contribution is 2.16. The summed E-state index contributed by atoms with van der Waals surface area (Å²) in [5.74, 6) is 1.91. The Balaban J connectivity index is 2.84. The fourth-order valence-corrected chi connectivity index (χ4v) is 2.28. The van der Waals surface area contributed by atoms with Gasteiger partial charge in [-0.1, -0.05) is 13.8 Å². The van der Waals surface area contributed by atoms with E-state index >= 15 is 0 Å². The van der Waals surface area contributed by atoms with Crippen molar-refractivity contribution in [3.63, 3.8) is 0 Å². The average Bonchev–Trinajstić information content (AvgIpc) is 2.24. The Morgan fingerprint density at radius 3 is 2.38 bits per heavy atom. The third-order valence-corrected chi connectivity index (χ3v) is 2.86. The lowest BCUT2D eigenvalue weighted by Gasteiger charge is -2.24. The van der Waals surface area contributed by atoms with Gasteiger partial charge in [-0.3, -0.25) is 0 Å². The summed E-state index contributed by atoms with van der Waals surface area (Å²) in [6.07, 6.45) is 1.19. The molecule has 5 heteroatoms. The van der Waals surface area contributed by atoms with E-state index in [1.165, 1.54) is 0 Å². The molecule has 0 aliphatic heterocycles. The van der Waals surface area contributed by atoms with Gasteiger partial charge in [0.2, 0.25) is 11.8 Å². The maximum atomic E-state index is 5.68. The van der Waals surface area contributed by atoms with Crippen molar-refractivity contribution < 1.29 is 4.74 Å². The molecule has 0 aliphatic rings. The van der Waals surface area contributed by atoms with Gasteiger partial charge in [0.05, 0.1) is 6.10 Å². The zero-order chi connectivity index (χ0) is 16.0. The Labute approximate surface area is 129 Å². The number of anilines is 1. The predicted octanol–water partition coefficient (Wildman–Crippen LogP) is 2.96. The van der Waals surface area contributed by atoms with Crippen molar-refractivity contribution in [2.75, 3.05) is 26.0 Å². The molecule has 0 fully saturated rings. The van der Waals surface area contributed by atoms with Crippen LogP contribution in [-0.2, 0) is 0 Å². The average molecular weight is 294 g/mol. The number of likely N-dealkylation sites (N-methyl/N-ethyl adjacent to an activating group) is 1. The second-order valence-electron chi connectivity index (χ2n) is 6.57. The molecule has 120 valence electrons. The van der Waals surface area contributed by atoms with Gasteiger partial charge in [-0.05, 0) is 47.2 Å². The summed E-state index contributed by atoms with van der Waals surface area (Å²) in [6, 6.07) is 2.20. The molecule has 1 unspecified atom stereocenters. The van der Waals surface area contributed by atoms with E-state index in [2.05, 4.69) is 48.1 Å². The van der Waals surface area contributed by atoms with Gasteiger partial charge in [0, 0.05) is 24.3 Å². The summed E-state index contributed by atoms with van der Waals surface area (Å²) in [7, 11) is 4.17. The van der Waals surface area contributed by atoms with Crippen molar-refractivity contribution in [3.8, 4) is 5.88 Å². The molecule has 1 aromatic heterocycles. The minimum atomic E-state index is 0.111. The number of aromatic nitrogens is 2. The van der Waals surface area contributed by atoms with Crippen LogP contribution in [-0.4, -0.2) is 47.7 Å². The van der Waals surface area contributed by atoms with Gasteiger partial charge in [0.15, 0.2) is 0 Å². The highest BCUT2D eigenvalue weighted by Gasteiger charge is 2.14. The third-order valence-electron chi connectivity index (χ3n) is 2.86. The fourth-order valence-electron chi connectivity index (χ4n) is 2.28. The molecule has 0 spiro atoms. The number of rotatable bonds is 8. The number of ether oxygens (including phenoxy) is 1. The van der Waals surface area contributed by atoms with Gasteiger partial charge >= 0.3 is 0 Å². The molecule has 1 aromatic rings. The van der Waals surface area contributed by atoms with Crippen molar-refractivity contribution in [2.45, 2.75) is 53.2 Å². The summed E-state index contributed by atoms with van der Waals surface area (Å²) in [6.45, 7) is 11.4. The SMILES string of the molecule is Cc1cc(OC(C)C)nc(NC(CC(C)C)CN(C)C)n1. The number of hydrogen-bond donors (Lipinski definition) is 1. The maximum absolute atomic E-state index is 5.68. The van der Waals surface area contributed by atoms with E-state index in [9.17, 15) is 0 Å². The molecule has 1 heterocycles. The van der Waals surface area contributed by atoms with Crippen molar-refractivity contribution in [2.24, 2.45) is 5.92 Å². The van der Waals surface area contributed by atoms with Crippen molar-refractivity contribution >= 4 is 5.95 Å². The minimum absolute atomic E-state index is 0.111. The zero-order valence-corrected chi connectivity index (χ0v) is 14.5. The quantitative estimate of drug-likeness (QED) is 0.799. The van der Waals surface area contributed by atoms with Gasteiger partial charge in [-0.15, -0.1) is 0 Å². The molecular formula is C16H30N4O. The van der Waals surface area contributed by atoms with E-state index in [1.54, 1.807) is 0 Å². The Morgan fingerprint density at radius 2 is 1.86 bits per heavy atom. The van der Waals surface area contributed by atoms with Crippen LogP contribution in [0.1, 0.15) is 39.8 Å². The van der Waals surface area contributed by atoms with Crippen LogP contribution in [0.5, 0.6) is 5.88 Å². The first-order chi connectivity index (χ1) is 9.76. The zero-order valence-electron chi connectivity index (χ0n) is 14.5. The van der Waals surface area contributed by atoms with Gasteiger partial charge in [-0.25, -0.2) is 4.98 Å². The van der Waals surface area contributed by atoms with Crippen molar-refractivity contribution in [1.29, 1.82) is 0 Å².